The smallest absolute Gasteiger partial charge is 0.490 e. The number of aromatic hydroxyl groups is 1. The number of aliphatic hydroxyl groups is 1. The number of benzene rings is 2. The first-order valence-electron chi connectivity index (χ1n) is 14.6. The van der Waals surface area contributed by atoms with Crippen LogP contribution < -0.4 is 4.74 Å². The summed E-state index contributed by atoms with van der Waals surface area (Å²) >= 11 is 0. The van der Waals surface area contributed by atoms with Crippen molar-refractivity contribution in [3.05, 3.63) is 71.0 Å². The van der Waals surface area contributed by atoms with Gasteiger partial charge in [0.05, 0.1) is 11.0 Å². The minimum absolute atomic E-state index is 0.0346. The average Bonchev–Trinajstić information content (AvgIpc) is 3.37. The molecule has 0 aromatic heterocycles. The van der Waals surface area contributed by atoms with Crippen molar-refractivity contribution in [1.82, 2.24) is 4.90 Å². The van der Waals surface area contributed by atoms with Gasteiger partial charge in [0.15, 0.2) is 23.7 Å². The number of nitrogens with zero attached hydrogens (tertiary/aromatic N) is 1. The normalized spacial score (nSPS) is 26.6. The van der Waals surface area contributed by atoms with Crippen LogP contribution in [0.2, 0.25) is 0 Å². The van der Waals surface area contributed by atoms with Gasteiger partial charge in [-0.3, -0.25) is 4.79 Å². The Morgan fingerprint density at radius 1 is 1.06 bits per heavy atom. The zero-order valence-corrected chi connectivity index (χ0v) is 25.4. The molecule has 1 spiro atoms. The lowest BCUT2D eigenvalue weighted by molar-refractivity contribution is -0.192. The number of carbonyl (C=O) groups is 4. The molecule has 2 unspecified atom stereocenters. The first kappa shape index (κ1) is 33.7. The first-order valence-corrected chi connectivity index (χ1v) is 14.6. The molecule has 1 fully saturated rings. The molecule has 6 atom stereocenters. The van der Waals surface area contributed by atoms with Crippen LogP contribution in [0.3, 0.4) is 0 Å². The van der Waals surface area contributed by atoms with E-state index in [2.05, 4.69) is 4.90 Å². The number of phenolic OH excluding ortho intramolecular Hbond substituents is 1. The molecule has 2 aromatic carbocycles. The van der Waals surface area contributed by atoms with Gasteiger partial charge in [0.2, 0.25) is 6.10 Å². The van der Waals surface area contributed by atoms with Gasteiger partial charge >= 0.3 is 30.1 Å². The highest BCUT2D eigenvalue weighted by Crippen LogP contribution is 2.65. The van der Waals surface area contributed by atoms with Crippen LogP contribution in [0.5, 0.6) is 11.5 Å². The third kappa shape index (κ3) is 5.78. The quantitative estimate of drug-likeness (QED) is 0.306. The number of esters is 3. The molecule has 2 aromatic rings. The van der Waals surface area contributed by atoms with Gasteiger partial charge in [0, 0.05) is 30.5 Å². The monoisotopic (exact) mass is 663 g/mol. The standard InChI is InChI=1S/C30H31NO9.C2HF3O2/c1-16(37-28(35)24(38-17(2)32)18-7-5-4-6-8-18)27(34)39-21-11-12-30(36)22-15-19-9-10-20(33)25-23(19)29(30,26(21)40-25)13-14-31(22)3;3-2(4,5)1(6)7/h4-11,16,22,24,26,33,36H,12-15H2,1-3H3;(H,6,7)/t16?,22-,24?,26+,29+,30-;/m1./s1. The maximum absolute atomic E-state index is 13.2. The van der Waals surface area contributed by atoms with Gasteiger partial charge in [0.1, 0.15) is 5.76 Å². The summed E-state index contributed by atoms with van der Waals surface area (Å²) in [4.78, 5) is 48.8. The fraction of sp³-hybridized carbons (Fsp3) is 0.438. The number of rotatable bonds is 6. The Morgan fingerprint density at radius 2 is 1.72 bits per heavy atom. The summed E-state index contributed by atoms with van der Waals surface area (Å²) in [5.74, 6) is -4.73. The lowest BCUT2D eigenvalue weighted by Gasteiger charge is -2.61. The maximum Gasteiger partial charge on any atom is 0.490 e. The maximum atomic E-state index is 13.2. The van der Waals surface area contributed by atoms with Gasteiger partial charge in [-0.2, -0.15) is 13.2 Å². The van der Waals surface area contributed by atoms with Crippen LogP contribution in [-0.4, -0.2) is 87.7 Å². The third-order valence-corrected chi connectivity index (χ3v) is 9.04. The van der Waals surface area contributed by atoms with Gasteiger partial charge in [-0.25, -0.2) is 14.4 Å². The largest absolute Gasteiger partial charge is 0.504 e. The lowest BCUT2D eigenvalue weighted by atomic mass is 9.50. The van der Waals surface area contributed by atoms with Crippen molar-refractivity contribution in [2.75, 3.05) is 13.6 Å². The van der Waals surface area contributed by atoms with Crippen LogP contribution in [0.25, 0.3) is 0 Å². The van der Waals surface area contributed by atoms with E-state index in [-0.39, 0.29) is 24.0 Å². The molecule has 6 rings (SSSR count). The number of piperidine rings is 1. The Labute approximate surface area is 266 Å². The summed E-state index contributed by atoms with van der Waals surface area (Å²) in [7, 11) is 1.99. The van der Waals surface area contributed by atoms with E-state index in [0.717, 1.165) is 11.1 Å². The predicted molar refractivity (Wildman–Crippen MR) is 153 cm³/mol. The lowest BCUT2D eigenvalue weighted by Crippen LogP contribution is -2.74. The second kappa shape index (κ2) is 12.2. The van der Waals surface area contributed by atoms with Crippen molar-refractivity contribution in [2.45, 2.75) is 74.7 Å². The number of carboxylic acids is 1. The van der Waals surface area contributed by atoms with Gasteiger partial charge in [-0.05, 0) is 51.1 Å². The number of ether oxygens (including phenoxy) is 4. The molecule has 0 radical (unpaired) electrons. The minimum Gasteiger partial charge on any atom is -0.504 e. The number of likely N-dealkylation sites (N-methyl/N-ethyl adjacent to an activating group) is 1. The van der Waals surface area contributed by atoms with Crippen LogP contribution in [0, 0.1) is 0 Å². The molecule has 4 aliphatic rings. The van der Waals surface area contributed by atoms with E-state index in [0.29, 0.717) is 30.7 Å². The number of hydrogen-bond acceptors (Lipinski definition) is 11. The Morgan fingerprint density at radius 3 is 2.34 bits per heavy atom. The van der Waals surface area contributed by atoms with E-state index in [4.69, 9.17) is 28.8 Å². The first-order chi connectivity index (χ1) is 22.0. The highest BCUT2D eigenvalue weighted by atomic mass is 19.4. The number of likely N-dealkylation sites (tertiary alicyclic amines) is 1. The Balaban J connectivity index is 0.000000559. The molecule has 15 heteroatoms. The van der Waals surface area contributed by atoms with Crippen LogP contribution in [0.15, 0.2) is 54.3 Å². The third-order valence-electron chi connectivity index (χ3n) is 9.04. The topological polar surface area (TPSA) is 169 Å². The van der Waals surface area contributed by atoms with Crippen LogP contribution in [0.1, 0.15) is 49.5 Å². The van der Waals surface area contributed by atoms with Gasteiger partial charge in [-0.15, -0.1) is 0 Å². The second-order valence-corrected chi connectivity index (χ2v) is 11.8. The number of alkyl halides is 3. The van der Waals surface area contributed by atoms with Crippen molar-refractivity contribution in [3.8, 4) is 11.5 Å². The minimum atomic E-state index is -5.08. The SMILES string of the molecule is CC(=O)OC(C(=O)OC(C)C(=O)OC1=CC[C@@]2(O)[C@H]3Cc4ccc(O)c5c4[C@@]2(CCN3C)[C@H]1O5)c1ccccc1.O=C(O)C(F)(F)F. The molecule has 2 bridgehead atoms. The van der Waals surface area contributed by atoms with E-state index in [9.17, 15) is 37.8 Å². The fourth-order valence-electron chi connectivity index (χ4n) is 6.97. The summed E-state index contributed by atoms with van der Waals surface area (Å²) in [5.41, 5.74) is 0.0569. The molecule has 252 valence electrons. The summed E-state index contributed by atoms with van der Waals surface area (Å²) in [6, 6.07) is 11.6. The molecule has 47 heavy (non-hydrogen) atoms. The number of phenols is 1. The van der Waals surface area contributed by atoms with Crippen molar-refractivity contribution in [1.29, 1.82) is 0 Å². The van der Waals surface area contributed by atoms with E-state index in [1.165, 1.54) is 13.8 Å². The van der Waals surface area contributed by atoms with Crippen molar-refractivity contribution < 1.29 is 66.6 Å². The van der Waals surface area contributed by atoms with Crippen molar-refractivity contribution in [2.24, 2.45) is 0 Å². The van der Waals surface area contributed by atoms with Crippen molar-refractivity contribution in [3.63, 3.8) is 0 Å². The second-order valence-electron chi connectivity index (χ2n) is 11.8. The van der Waals surface area contributed by atoms with Crippen LogP contribution >= 0.6 is 0 Å². The highest BCUT2D eigenvalue weighted by molar-refractivity contribution is 5.84. The van der Waals surface area contributed by atoms with Crippen LogP contribution in [-0.2, 0) is 45.2 Å². The molecule has 12 nitrogen and oxygen atoms in total. The van der Waals surface area contributed by atoms with E-state index in [1.54, 1.807) is 42.5 Å². The molecule has 2 heterocycles. The molecular formula is C32H32F3NO11. The molecule has 2 aliphatic heterocycles. The average molecular weight is 664 g/mol. The summed E-state index contributed by atoms with van der Waals surface area (Å²) in [5, 5.41) is 30.0. The molecule has 3 N–H and O–H groups in total. The number of aliphatic carboxylic acids is 1. The fourth-order valence-corrected chi connectivity index (χ4v) is 6.97. The molecule has 0 saturated carbocycles. The Kier molecular flexibility index (Phi) is 8.75. The summed E-state index contributed by atoms with van der Waals surface area (Å²) in [6.07, 6.45) is -5.60. The number of carbonyl (C=O) groups excluding carboxylic acids is 3. The van der Waals surface area contributed by atoms with E-state index in [1.807, 2.05) is 13.1 Å². The molecule has 0 amide bonds. The molecule has 2 aliphatic carbocycles. The molecular weight excluding hydrogens is 631 g/mol. The summed E-state index contributed by atoms with van der Waals surface area (Å²) in [6.45, 7) is 3.24. The number of halogens is 3. The number of carboxylic acid groups (broad SMARTS) is 1. The highest BCUT2D eigenvalue weighted by Gasteiger charge is 2.72. The van der Waals surface area contributed by atoms with Gasteiger partial charge < -0.3 is 39.2 Å². The summed E-state index contributed by atoms with van der Waals surface area (Å²) < 4.78 is 54.3. The van der Waals surface area contributed by atoms with Crippen molar-refractivity contribution >= 4 is 23.9 Å². The zero-order valence-electron chi connectivity index (χ0n) is 25.4. The number of hydrogen-bond donors (Lipinski definition) is 3. The van der Waals surface area contributed by atoms with Gasteiger partial charge in [-0.1, -0.05) is 36.4 Å². The predicted octanol–water partition coefficient (Wildman–Crippen LogP) is 3.08. The Bertz CT molecular complexity index is 1630. The van der Waals surface area contributed by atoms with Crippen LogP contribution in [0.4, 0.5) is 13.2 Å². The Hall–Kier alpha value is -4.63. The van der Waals surface area contributed by atoms with E-state index < -0.39 is 59.4 Å². The van der Waals surface area contributed by atoms with Gasteiger partial charge in [0.25, 0.3) is 0 Å². The molecule has 1 saturated heterocycles. The zero-order chi connectivity index (χ0) is 34.5. The van der Waals surface area contributed by atoms with E-state index >= 15 is 0 Å².